The van der Waals surface area contributed by atoms with Crippen LogP contribution in [0.2, 0.25) is 0 Å². The fourth-order valence-corrected chi connectivity index (χ4v) is 2.73. The highest BCUT2D eigenvalue weighted by Gasteiger charge is 2.19. The molecule has 112 valence electrons. The minimum Gasteiger partial charge on any atom is -0.378 e. The number of hydrogen-bond donors (Lipinski definition) is 1. The third kappa shape index (κ3) is 4.53. The smallest absolute Gasteiger partial charge is 0.146 e. The summed E-state index contributed by atoms with van der Waals surface area (Å²) in [4.78, 5) is 4.21. The highest BCUT2D eigenvalue weighted by atomic mass is 19.1. The SMILES string of the molecule is CCCNC(CCCC1CCCO1)c1ncccc1F. The molecule has 0 amide bonds. The predicted octanol–water partition coefficient (Wildman–Crippen LogP) is 3.61. The van der Waals surface area contributed by atoms with Crippen molar-refractivity contribution in [3.63, 3.8) is 0 Å². The lowest BCUT2D eigenvalue weighted by atomic mass is 10.0. The number of ether oxygens (including phenoxy) is 1. The normalized spacial score (nSPS) is 20.2. The minimum absolute atomic E-state index is 0.0116. The number of pyridine rings is 1. The first-order valence-corrected chi connectivity index (χ1v) is 7.76. The summed E-state index contributed by atoms with van der Waals surface area (Å²) in [6.45, 7) is 3.91. The van der Waals surface area contributed by atoms with Crippen LogP contribution in [0.1, 0.15) is 57.2 Å². The molecule has 1 aliphatic heterocycles. The van der Waals surface area contributed by atoms with Gasteiger partial charge in [0.2, 0.25) is 0 Å². The molecule has 2 unspecified atom stereocenters. The summed E-state index contributed by atoms with van der Waals surface area (Å²) in [5.41, 5.74) is 0.549. The second kappa shape index (κ2) is 8.32. The number of aromatic nitrogens is 1. The molecule has 1 fully saturated rings. The van der Waals surface area contributed by atoms with Crippen molar-refractivity contribution in [3.8, 4) is 0 Å². The van der Waals surface area contributed by atoms with Gasteiger partial charge in [-0.25, -0.2) is 4.39 Å². The van der Waals surface area contributed by atoms with Crippen molar-refractivity contribution in [2.24, 2.45) is 0 Å². The molecule has 0 saturated carbocycles. The van der Waals surface area contributed by atoms with Crippen LogP contribution in [0, 0.1) is 5.82 Å². The second-order valence-electron chi connectivity index (χ2n) is 5.44. The van der Waals surface area contributed by atoms with Crippen LogP contribution in [0.5, 0.6) is 0 Å². The molecule has 2 atom stereocenters. The van der Waals surface area contributed by atoms with Crippen LogP contribution in [0.15, 0.2) is 18.3 Å². The number of rotatable bonds is 8. The van der Waals surface area contributed by atoms with E-state index in [0.29, 0.717) is 11.8 Å². The fourth-order valence-electron chi connectivity index (χ4n) is 2.73. The zero-order valence-electron chi connectivity index (χ0n) is 12.3. The van der Waals surface area contributed by atoms with Crippen molar-refractivity contribution in [1.29, 1.82) is 0 Å². The van der Waals surface area contributed by atoms with Gasteiger partial charge in [-0.15, -0.1) is 0 Å². The Hall–Kier alpha value is -1.00. The molecule has 1 N–H and O–H groups in total. The summed E-state index contributed by atoms with van der Waals surface area (Å²) >= 11 is 0. The van der Waals surface area contributed by atoms with E-state index in [2.05, 4.69) is 17.2 Å². The Labute approximate surface area is 120 Å². The Bertz CT molecular complexity index is 394. The second-order valence-corrected chi connectivity index (χ2v) is 5.44. The summed E-state index contributed by atoms with van der Waals surface area (Å²) in [5, 5.41) is 3.41. The van der Waals surface area contributed by atoms with Gasteiger partial charge in [0.05, 0.1) is 17.8 Å². The van der Waals surface area contributed by atoms with Crippen LogP contribution in [0.25, 0.3) is 0 Å². The van der Waals surface area contributed by atoms with Crippen LogP contribution < -0.4 is 5.32 Å². The van der Waals surface area contributed by atoms with Gasteiger partial charge in [-0.3, -0.25) is 4.98 Å². The van der Waals surface area contributed by atoms with Gasteiger partial charge < -0.3 is 10.1 Å². The Morgan fingerprint density at radius 1 is 1.55 bits per heavy atom. The molecule has 1 aromatic heterocycles. The monoisotopic (exact) mass is 280 g/mol. The average molecular weight is 280 g/mol. The lowest BCUT2D eigenvalue weighted by Crippen LogP contribution is -2.24. The molecular weight excluding hydrogens is 255 g/mol. The van der Waals surface area contributed by atoms with Crippen molar-refractivity contribution in [2.45, 2.75) is 57.6 Å². The molecule has 0 aromatic carbocycles. The van der Waals surface area contributed by atoms with E-state index in [1.165, 1.54) is 18.9 Å². The predicted molar refractivity (Wildman–Crippen MR) is 78.1 cm³/mol. The quantitative estimate of drug-likeness (QED) is 0.790. The third-order valence-electron chi connectivity index (χ3n) is 3.80. The van der Waals surface area contributed by atoms with E-state index in [9.17, 15) is 4.39 Å². The van der Waals surface area contributed by atoms with Gasteiger partial charge in [0.25, 0.3) is 0 Å². The molecule has 0 aliphatic carbocycles. The van der Waals surface area contributed by atoms with Gasteiger partial charge in [0.1, 0.15) is 5.82 Å². The van der Waals surface area contributed by atoms with Crippen LogP contribution in [0.3, 0.4) is 0 Å². The van der Waals surface area contributed by atoms with Gasteiger partial charge in [0, 0.05) is 12.8 Å². The van der Waals surface area contributed by atoms with Gasteiger partial charge >= 0.3 is 0 Å². The molecule has 4 heteroatoms. The topological polar surface area (TPSA) is 34.1 Å². The number of hydrogen-bond acceptors (Lipinski definition) is 3. The molecule has 1 aliphatic rings. The molecule has 1 aromatic rings. The van der Waals surface area contributed by atoms with Crippen molar-refractivity contribution in [3.05, 3.63) is 29.8 Å². The van der Waals surface area contributed by atoms with Crippen molar-refractivity contribution in [2.75, 3.05) is 13.2 Å². The van der Waals surface area contributed by atoms with Crippen molar-refractivity contribution >= 4 is 0 Å². The molecule has 2 heterocycles. The number of nitrogens with one attached hydrogen (secondary N) is 1. The highest BCUT2D eigenvalue weighted by Crippen LogP contribution is 2.23. The zero-order valence-corrected chi connectivity index (χ0v) is 12.3. The van der Waals surface area contributed by atoms with Gasteiger partial charge in [-0.1, -0.05) is 6.92 Å². The molecule has 1 saturated heterocycles. The Balaban J connectivity index is 1.87. The van der Waals surface area contributed by atoms with Crippen LogP contribution in [0.4, 0.5) is 4.39 Å². The van der Waals surface area contributed by atoms with E-state index >= 15 is 0 Å². The van der Waals surface area contributed by atoms with E-state index in [0.717, 1.165) is 38.8 Å². The zero-order chi connectivity index (χ0) is 14.2. The summed E-state index contributed by atoms with van der Waals surface area (Å²) in [5.74, 6) is -0.210. The summed E-state index contributed by atoms with van der Waals surface area (Å²) in [7, 11) is 0. The van der Waals surface area contributed by atoms with Gasteiger partial charge in [0.15, 0.2) is 0 Å². The minimum atomic E-state index is -0.210. The molecule has 20 heavy (non-hydrogen) atoms. The van der Waals surface area contributed by atoms with E-state index in [1.807, 2.05) is 0 Å². The van der Waals surface area contributed by atoms with E-state index in [1.54, 1.807) is 12.3 Å². The van der Waals surface area contributed by atoms with E-state index in [4.69, 9.17) is 4.74 Å². The van der Waals surface area contributed by atoms with Crippen LogP contribution >= 0.6 is 0 Å². The summed E-state index contributed by atoms with van der Waals surface area (Å²) in [6.07, 6.45) is 8.49. The molecule has 2 rings (SSSR count). The first kappa shape index (κ1) is 15.4. The standard InChI is InChI=1S/C16H25FN2O/c1-2-10-18-15(16-14(17)8-4-11-19-16)9-3-6-13-7-5-12-20-13/h4,8,11,13,15,18H,2-3,5-7,9-10,12H2,1H3. The number of halogens is 1. The molecule has 0 radical (unpaired) electrons. The van der Waals surface area contributed by atoms with Crippen LogP contribution in [-0.4, -0.2) is 24.2 Å². The van der Waals surface area contributed by atoms with E-state index in [-0.39, 0.29) is 11.9 Å². The third-order valence-corrected chi connectivity index (χ3v) is 3.80. The van der Waals surface area contributed by atoms with E-state index < -0.39 is 0 Å². The maximum atomic E-state index is 13.9. The lowest BCUT2D eigenvalue weighted by Gasteiger charge is -2.19. The Morgan fingerprint density at radius 2 is 2.45 bits per heavy atom. The maximum Gasteiger partial charge on any atom is 0.146 e. The first-order chi connectivity index (χ1) is 9.81. The van der Waals surface area contributed by atoms with Crippen LogP contribution in [-0.2, 0) is 4.74 Å². The van der Waals surface area contributed by atoms with Crippen molar-refractivity contribution in [1.82, 2.24) is 10.3 Å². The van der Waals surface area contributed by atoms with Gasteiger partial charge in [-0.05, 0) is 57.2 Å². The largest absolute Gasteiger partial charge is 0.378 e. The van der Waals surface area contributed by atoms with Gasteiger partial charge in [-0.2, -0.15) is 0 Å². The summed E-state index contributed by atoms with van der Waals surface area (Å²) in [6, 6.07) is 3.14. The first-order valence-electron chi connectivity index (χ1n) is 7.76. The highest BCUT2D eigenvalue weighted by molar-refractivity contribution is 5.11. The van der Waals surface area contributed by atoms with Crippen molar-refractivity contribution < 1.29 is 9.13 Å². The Kier molecular flexibility index (Phi) is 6.40. The fraction of sp³-hybridized carbons (Fsp3) is 0.688. The lowest BCUT2D eigenvalue weighted by molar-refractivity contribution is 0.101. The average Bonchev–Trinajstić information content (AvgIpc) is 2.97. The Morgan fingerprint density at radius 3 is 3.15 bits per heavy atom. The molecule has 0 bridgehead atoms. The molecule has 3 nitrogen and oxygen atoms in total. The summed E-state index contributed by atoms with van der Waals surface area (Å²) < 4.78 is 19.5. The molecular formula is C16H25FN2O. The molecule has 0 spiro atoms. The number of nitrogens with zero attached hydrogens (tertiary/aromatic N) is 1. The maximum absolute atomic E-state index is 13.9.